The van der Waals surface area contributed by atoms with Crippen molar-refractivity contribution >= 4 is 17.3 Å². The lowest BCUT2D eigenvalue weighted by Gasteiger charge is -2.23. The molecule has 0 amide bonds. The Morgan fingerprint density at radius 3 is 2.53 bits per heavy atom. The minimum Gasteiger partial charge on any atom is -0.411 e. The molecule has 1 fully saturated rings. The molecule has 1 aliphatic carbocycles. The second-order valence-electron chi connectivity index (χ2n) is 5.93. The van der Waals surface area contributed by atoms with Gasteiger partial charge < -0.3 is 5.21 Å². The average molecular weight is 280 g/mol. The summed E-state index contributed by atoms with van der Waals surface area (Å²) >= 11 is 6.24. The lowest BCUT2D eigenvalue weighted by Crippen LogP contribution is -2.13. The van der Waals surface area contributed by atoms with E-state index in [0.29, 0.717) is 11.8 Å². The van der Waals surface area contributed by atoms with Gasteiger partial charge in [0, 0.05) is 5.02 Å². The molecule has 104 valence electrons. The summed E-state index contributed by atoms with van der Waals surface area (Å²) < 4.78 is 0. The van der Waals surface area contributed by atoms with E-state index in [-0.39, 0.29) is 0 Å². The van der Waals surface area contributed by atoms with Gasteiger partial charge in [-0.1, -0.05) is 36.7 Å². The Hall–Kier alpha value is -1.02. The maximum Gasteiger partial charge on any atom is 0.0571 e. The summed E-state index contributed by atoms with van der Waals surface area (Å²) in [6, 6.07) is 6.48. The molecule has 0 aromatic heterocycles. The molecule has 0 atom stereocenters. The number of rotatable bonds is 3. The Bertz CT molecular complexity index is 458. The van der Waals surface area contributed by atoms with Crippen molar-refractivity contribution in [2.24, 2.45) is 11.1 Å². The summed E-state index contributed by atoms with van der Waals surface area (Å²) in [6.45, 7) is 4.45. The zero-order valence-corrected chi connectivity index (χ0v) is 12.5. The first-order valence-electron chi connectivity index (χ1n) is 7.07. The molecule has 0 saturated heterocycles. The zero-order valence-electron chi connectivity index (χ0n) is 11.7. The summed E-state index contributed by atoms with van der Waals surface area (Å²) in [4.78, 5) is 0. The fraction of sp³-hybridized carbons (Fsp3) is 0.562. The predicted molar refractivity (Wildman–Crippen MR) is 80.4 cm³/mol. The normalized spacial score (nSPS) is 19.8. The molecular weight excluding hydrogens is 258 g/mol. The average Bonchev–Trinajstić information content (AvgIpc) is 2.37. The van der Waals surface area contributed by atoms with Gasteiger partial charge in [0.25, 0.3) is 0 Å². The van der Waals surface area contributed by atoms with Crippen molar-refractivity contribution in [3.63, 3.8) is 0 Å². The number of nitrogens with zero attached hydrogens (tertiary/aromatic N) is 1. The number of halogens is 1. The molecule has 2 nitrogen and oxygen atoms in total. The molecule has 19 heavy (non-hydrogen) atoms. The number of benzene rings is 1. The van der Waals surface area contributed by atoms with E-state index in [1.165, 1.54) is 11.1 Å². The minimum absolute atomic E-state index is 0.551. The standard InChI is InChI=1S/C16H22ClNO/c1-11(2)7-12-8-14(10-15(17)9-12)13-3-5-16(18-19)6-4-13/h8-11,13,19H,3-7H2,1-2H3. The topological polar surface area (TPSA) is 32.6 Å². The molecule has 0 heterocycles. The van der Waals surface area contributed by atoms with Crippen LogP contribution in [0.15, 0.2) is 23.4 Å². The van der Waals surface area contributed by atoms with Gasteiger partial charge in [-0.05, 0) is 67.2 Å². The Balaban J connectivity index is 2.14. The Labute approximate surface area is 120 Å². The van der Waals surface area contributed by atoms with Crippen LogP contribution in [0.2, 0.25) is 5.02 Å². The molecule has 1 N–H and O–H groups in total. The van der Waals surface area contributed by atoms with Crippen molar-refractivity contribution in [2.75, 3.05) is 0 Å². The van der Waals surface area contributed by atoms with Crippen molar-refractivity contribution in [3.8, 4) is 0 Å². The SMILES string of the molecule is CC(C)Cc1cc(Cl)cc(C2CCC(=NO)CC2)c1. The van der Waals surface area contributed by atoms with Crippen LogP contribution in [-0.2, 0) is 6.42 Å². The maximum atomic E-state index is 8.80. The lowest BCUT2D eigenvalue weighted by molar-refractivity contribution is 0.313. The van der Waals surface area contributed by atoms with Crippen LogP contribution in [0, 0.1) is 5.92 Å². The van der Waals surface area contributed by atoms with Crippen LogP contribution in [0.3, 0.4) is 0 Å². The van der Waals surface area contributed by atoms with Gasteiger partial charge in [0.1, 0.15) is 0 Å². The van der Waals surface area contributed by atoms with Crippen molar-refractivity contribution in [3.05, 3.63) is 34.3 Å². The van der Waals surface area contributed by atoms with Gasteiger partial charge in [-0.2, -0.15) is 0 Å². The molecule has 0 bridgehead atoms. The van der Waals surface area contributed by atoms with E-state index < -0.39 is 0 Å². The van der Waals surface area contributed by atoms with Gasteiger partial charge in [0.2, 0.25) is 0 Å². The van der Waals surface area contributed by atoms with Gasteiger partial charge in [0.05, 0.1) is 5.71 Å². The first-order valence-corrected chi connectivity index (χ1v) is 7.45. The van der Waals surface area contributed by atoms with Crippen LogP contribution in [-0.4, -0.2) is 10.9 Å². The van der Waals surface area contributed by atoms with Crippen molar-refractivity contribution in [2.45, 2.75) is 51.9 Å². The zero-order chi connectivity index (χ0) is 13.8. The first-order chi connectivity index (χ1) is 9.08. The van der Waals surface area contributed by atoms with E-state index in [9.17, 15) is 0 Å². The molecule has 1 aliphatic rings. The van der Waals surface area contributed by atoms with Crippen LogP contribution in [0.5, 0.6) is 0 Å². The van der Waals surface area contributed by atoms with Crippen molar-refractivity contribution in [1.82, 2.24) is 0 Å². The molecule has 0 radical (unpaired) electrons. The minimum atomic E-state index is 0.551. The second kappa shape index (κ2) is 6.42. The van der Waals surface area contributed by atoms with E-state index in [2.05, 4.69) is 37.2 Å². The molecule has 2 rings (SSSR count). The van der Waals surface area contributed by atoms with Gasteiger partial charge in [-0.25, -0.2) is 0 Å². The number of hydrogen-bond acceptors (Lipinski definition) is 2. The van der Waals surface area contributed by atoms with Crippen molar-refractivity contribution < 1.29 is 5.21 Å². The van der Waals surface area contributed by atoms with E-state index >= 15 is 0 Å². The van der Waals surface area contributed by atoms with Crippen molar-refractivity contribution in [1.29, 1.82) is 0 Å². The van der Waals surface area contributed by atoms with E-state index in [0.717, 1.165) is 42.8 Å². The highest BCUT2D eigenvalue weighted by Crippen LogP contribution is 2.33. The first kappa shape index (κ1) is 14.4. The molecular formula is C16H22ClNO. The second-order valence-corrected chi connectivity index (χ2v) is 6.37. The van der Waals surface area contributed by atoms with Crippen LogP contribution < -0.4 is 0 Å². The Morgan fingerprint density at radius 1 is 1.26 bits per heavy atom. The van der Waals surface area contributed by atoms with Crippen LogP contribution in [0.1, 0.15) is 56.6 Å². The lowest BCUT2D eigenvalue weighted by atomic mass is 9.82. The fourth-order valence-corrected chi connectivity index (χ4v) is 3.15. The smallest absolute Gasteiger partial charge is 0.0571 e. The highest BCUT2D eigenvalue weighted by Gasteiger charge is 2.20. The van der Waals surface area contributed by atoms with Crippen LogP contribution >= 0.6 is 11.6 Å². The predicted octanol–water partition coefficient (Wildman–Crippen LogP) is 5.03. The van der Waals surface area contributed by atoms with E-state index in [1.54, 1.807) is 0 Å². The Morgan fingerprint density at radius 2 is 1.95 bits per heavy atom. The van der Waals surface area contributed by atoms with E-state index in [1.807, 2.05) is 0 Å². The molecule has 0 aliphatic heterocycles. The van der Waals surface area contributed by atoms with Crippen LogP contribution in [0.4, 0.5) is 0 Å². The third-order valence-electron chi connectivity index (χ3n) is 3.80. The number of hydrogen-bond donors (Lipinski definition) is 1. The van der Waals surface area contributed by atoms with Crippen LogP contribution in [0.25, 0.3) is 0 Å². The van der Waals surface area contributed by atoms with Gasteiger partial charge in [-0.15, -0.1) is 0 Å². The summed E-state index contributed by atoms with van der Waals surface area (Å²) in [5, 5.41) is 13.0. The molecule has 3 heteroatoms. The number of oxime groups is 1. The largest absolute Gasteiger partial charge is 0.411 e. The van der Waals surface area contributed by atoms with Gasteiger partial charge in [-0.3, -0.25) is 0 Å². The van der Waals surface area contributed by atoms with Gasteiger partial charge in [0.15, 0.2) is 0 Å². The third kappa shape index (κ3) is 3.97. The molecule has 1 aromatic rings. The summed E-state index contributed by atoms with van der Waals surface area (Å²) in [6.07, 6.45) is 4.98. The quantitative estimate of drug-likeness (QED) is 0.611. The summed E-state index contributed by atoms with van der Waals surface area (Å²) in [5.74, 6) is 1.20. The highest BCUT2D eigenvalue weighted by atomic mass is 35.5. The molecule has 0 spiro atoms. The molecule has 0 unspecified atom stereocenters. The highest BCUT2D eigenvalue weighted by molar-refractivity contribution is 6.30. The van der Waals surface area contributed by atoms with E-state index in [4.69, 9.17) is 16.8 Å². The summed E-state index contributed by atoms with van der Waals surface area (Å²) in [5.41, 5.74) is 3.61. The monoisotopic (exact) mass is 279 g/mol. The summed E-state index contributed by atoms with van der Waals surface area (Å²) in [7, 11) is 0. The molecule has 1 saturated carbocycles. The van der Waals surface area contributed by atoms with Gasteiger partial charge >= 0.3 is 0 Å². The third-order valence-corrected chi connectivity index (χ3v) is 4.02. The maximum absolute atomic E-state index is 8.80. The Kier molecular flexibility index (Phi) is 4.87. The molecule has 1 aromatic carbocycles. The fourth-order valence-electron chi connectivity index (χ4n) is 2.88.